The van der Waals surface area contributed by atoms with Crippen molar-refractivity contribution >= 4 is 23.2 Å². The number of carbonyl (C=O) groups is 1. The molecule has 138 valence electrons. The van der Waals surface area contributed by atoms with Gasteiger partial charge >= 0.3 is 6.18 Å². The molecule has 0 spiro atoms. The lowest BCUT2D eigenvalue weighted by Crippen LogP contribution is -2.41. The lowest BCUT2D eigenvalue weighted by Gasteiger charge is -2.30. The first-order valence-corrected chi connectivity index (χ1v) is 7.78. The molecular weight excluding hydrogens is 378 g/mol. The number of hydrogen-bond acceptors (Lipinski definition) is 3. The lowest BCUT2D eigenvalue weighted by molar-refractivity contribution is -0.137. The summed E-state index contributed by atoms with van der Waals surface area (Å²) >= 11 is 5.75. The van der Waals surface area contributed by atoms with Crippen LogP contribution in [0.25, 0.3) is 0 Å². The van der Waals surface area contributed by atoms with Crippen molar-refractivity contribution in [3.8, 4) is 17.2 Å². The van der Waals surface area contributed by atoms with Crippen molar-refractivity contribution in [3.63, 3.8) is 0 Å². The second kappa shape index (κ2) is 6.35. The largest absolute Gasteiger partial charge is 0.479 e. The average molecular weight is 390 g/mol. The van der Waals surface area contributed by atoms with Crippen LogP contribution in [0.2, 0.25) is 5.02 Å². The molecule has 1 aliphatic rings. The van der Waals surface area contributed by atoms with E-state index in [2.05, 4.69) is 0 Å². The maximum absolute atomic E-state index is 14.0. The molecule has 2 aromatic rings. The number of amides is 1. The predicted molar refractivity (Wildman–Crippen MR) is 86.4 cm³/mol. The number of fused-ring (bicyclic) bond motifs is 1. The highest BCUT2D eigenvalue weighted by Gasteiger charge is 2.33. The van der Waals surface area contributed by atoms with Crippen molar-refractivity contribution in [3.05, 3.63) is 46.7 Å². The lowest BCUT2D eigenvalue weighted by atomic mass is 10.2. The molecule has 1 amide bonds. The Bertz CT molecular complexity index is 862. The van der Waals surface area contributed by atoms with Gasteiger partial charge in [-0.1, -0.05) is 11.6 Å². The van der Waals surface area contributed by atoms with Crippen molar-refractivity contribution in [2.24, 2.45) is 0 Å². The highest BCUT2D eigenvalue weighted by atomic mass is 35.5. The van der Waals surface area contributed by atoms with Crippen molar-refractivity contribution in [2.45, 2.75) is 19.2 Å². The van der Waals surface area contributed by atoms with E-state index in [4.69, 9.17) is 21.1 Å². The maximum atomic E-state index is 14.0. The van der Waals surface area contributed by atoms with Crippen LogP contribution in [-0.2, 0) is 11.0 Å². The summed E-state index contributed by atoms with van der Waals surface area (Å²) in [5.41, 5.74) is -0.727. The SMILES string of the molecule is C[C@@H]1Oc2cc(Oc3c(F)cc(C(F)(F)F)cc3Cl)ccc2N(C)C1=O. The van der Waals surface area contributed by atoms with Gasteiger partial charge in [0.05, 0.1) is 16.3 Å². The van der Waals surface area contributed by atoms with E-state index in [0.29, 0.717) is 23.6 Å². The Morgan fingerprint density at radius 2 is 1.92 bits per heavy atom. The molecule has 1 aliphatic heterocycles. The first-order chi connectivity index (χ1) is 12.1. The van der Waals surface area contributed by atoms with E-state index < -0.39 is 34.4 Å². The quantitative estimate of drug-likeness (QED) is 0.676. The van der Waals surface area contributed by atoms with Gasteiger partial charge in [-0.25, -0.2) is 4.39 Å². The third-order valence-corrected chi connectivity index (χ3v) is 4.10. The number of halogens is 5. The normalized spacial score (nSPS) is 17.0. The van der Waals surface area contributed by atoms with Crippen LogP contribution in [0, 0.1) is 5.82 Å². The smallest absolute Gasteiger partial charge is 0.416 e. The maximum Gasteiger partial charge on any atom is 0.416 e. The van der Waals surface area contributed by atoms with Crippen LogP contribution < -0.4 is 14.4 Å². The van der Waals surface area contributed by atoms with Gasteiger partial charge in [-0.3, -0.25) is 4.79 Å². The Morgan fingerprint density at radius 3 is 2.54 bits per heavy atom. The van der Waals surface area contributed by atoms with Crippen molar-refractivity contribution < 1.29 is 31.8 Å². The molecule has 1 atom stereocenters. The Kier molecular flexibility index (Phi) is 4.47. The van der Waals surface area contributed by atoms with Crippen molar-refractivity contribution in [1.82, 2.24) is 0 Å². The van der Waals surface area contributed by atoms with E-state index in [9.17, 15) is 22.4 Å². The van der Waals surface area contributed by atoms with Crippen molar-refractivity contribution in [2.75, 3.05) is 11.9 Å². The van der Waals surface area contributed by atoms with E-state index in [1.54, 1.807) is 14.0 Å². The molecule has 0 fully saturated rings. The molecule has 4 nitrogen and oxygen atoms in total. The fourth-order valence-electron chi connectivity index (χ4n) is 2.50. The Labute approximate surface area is 150 Å². The minimum Gasteiger partial charge on any atom is -0.479 e. The fourth-order valence-corrected chi connectivity index (χ4v) is 2.75. The highest BCUT2D eigenvalue weighted by molar-refractivity contribution is 6.32. The molecule has 9 heteroatoms. The summed E-state index contributed by atoms with van der Waals surface area (Å²) in [5, 5.41) is -0.517. The number of benzene rings is 2. The topological polar surface area (TPSA) is 38.8 Å². The predicted octanol–water partition coefficient (Wildman–Crippen LogP) is 5.03. The van der Waals surface area contributed by atoms with Crippen LogP contribution >= 0.6 is 11.6 Å². The summed E-state index contributed by atoms with van der Waals surface area (Å²) < 4.78 is 62.9. The standard InChI is InChI=1S/C17H12ClF4NO3/c1-8-16(24)23(2)13-4-3-10(7-14(13)25-8)26-15-11(18)5-9(6-12(15)19)17(20,21)22/h3-8H,1-2H3/t8-/m0/s1. The van der Waals surface area contributed by atoms with Crippen LogP contribution in [0.5, 0.6) is 17.2 Å². The monoisotopic (exact) mass is 389 g/mol. The van der Waals surface area contributed by atoms with E-state index >= 15 is 0 Å². The van der Waals surface area contributed by atoms with Crippen LogP contribution in [0.4, 0.5) is 23.2 Å². The molecule has 0 aliphatic carbocycles. The zero-order valence-corrected chi connectivity index (χ0v) is 14.3. The van der Waals surface area contributed by atoms with Gasteiger partial charge in [-0.2, -0.15) is 13.2 Å². The van der Waals surface area contributed by atoms with E-state index in [0.717, 1.165) is 0 Å². The van der Waals surface area contributed by atoms with Crippen LogP contribution in [-0.4, -0.2) is 19.1 Å². The van der Waals surface area contributed by atoms with Gasteiger partial charge in [-0.05, 0) is 31.2 Å². The Morgan fingerprint density at radius 1 is 1.23 bits per heavy atom. The summed E-state index contributed by atoms with van der Waals surface area (Å²) in [7, 11) is 1.58. The van der Waals surface area contributed by atoms with Crippen molar-refractivity contribution in [1.29, 1.82) is 0 Å². The zero-order chi connectivity index (χ0) is 19.2. The Hall–Kier alpha value is -2.48. The summed E-state index contributed by atoms with van der Waals surface area (Å²) in [4.78, 5) is 13.3. The summed E-state index contributed by atoms with van der Waals surface area (Å²) in [6.45, 7) is 1.57. The van der Waals surface area contributed by atoms with Gasteiger partial charge in [0.1, 0.15) is 11.5 Å². The minimum absolute atomic E-state index is 0.0965. The summed E-state index contributed by atoms with van der Waals surface area (Å²) in [5.74, 6) is -1.60. The number of alkyl halides is 3. The summed E-state index contributed by atoms with van der Waals surface area (Å²) in [6, 6.07) is 5.25. The number of likely N-dealkylation sites (N-methyl/N-ethyl adjacent to an activating group) is 1. The molecule has 3 rings (SSSR count). The number of nitrogens with zero attached hydrogens (tertiary/aromatic N) is 1. The first kappa shape index (κ1) is 18.3. The van der Waals surface area contributed by atoms with E-state index in [-0.39, 0.29) is 11.7 Å². The van der Waals surface area contributed by atoms with Gasteiger partial charge in [0.15, 0.2) is 17.7 Å². The molecule has 26 heavy (non-hydrogen) atoms. The van der Waals surface area contributed by atoms with Crippen LogP contribution in [0.1, 0.15) is 12.5 Å². The number of rotatable bonds is 2. The first-order valence-electron chi connectivity index (χ1n) is 7.40. The van der Waals surface area contributed by atoms with Gasteiger partial charge in [0, 0.05) is 13.1 Å². The minimum atomic E-state index is -4.73. The molecular formula is C17H12ClF4NO3. The average Bonchev–Trinajstić information content (AvgIpc) is 2.55. The van der Waals surface area contributed by atoms with E-state index in [1.165, 1.54) is 23.1 Å². The number of ether oxygens (including phenoxy) is 2. The molecule has 0 bridgehead atoms. The Balaban J connectivity index is 1.94. The molecule has 1 heterocycles. The number of carbonyl (C=O) groups excluding carboxylic acids is 1. The molecule has 0 saturated heterocycles. The third kappa shape index (κ3) is 3.29. The van der Waals surface area contributed by atoms with Crippen LogP contribution in [0.3, 0.4) is 0 Å². The van der Waals surface area contributed by atoms with E-state index in [1.807, 2.05) is 0 Å². The highest BCUT2D eigenvalue weighted by Crippen LogP contribution is 2.41. The molecule has 0 aromatic heterocycles. The molecule has 2 aromatic carbocycles. The van der Waals surface area contributed by atoms with Gasteiger partial charge in [0.2, 0.25) is 0 Å². The third-order valence-electron chi connectivity index (χ3n) is 3.82. The molecule has 0 N–H and O–H groups in total. The zero-order valence-electron chi connectivity index (χ0n) is 13.5. The molecule has 0 radical (unpaired) electrons. The van der Waals surface area contributed by atoms with Gasteiger partial charge in [0.25, 0.3) is 5.91 Å². The summed E-state index contributed by atoms with van der Waals surface area (Å²) in [6.07, 6.45) is -5.44. The number of hydrogen-bond donors (Lipinski definition) is 0. The second-order valence-corrected chi connectivity index (χ2v) is 6.06. The molecule has 0 saturated carbocycles. The molecule has 0 unspecified atom stereocenters. The van der Waals surface area contributed by atoms with Gasteiger partial charge in [-0.15, -0.1) is 0 Å². The second-order valence-electron chi connectivity index (χ2n) is 5.66. The van der Waals surface area contributed by atoms with Crippen LogP contribution in [0.15, 0.2) is 30.3 Å². The fraction of sp³-hybridized carbons (Fsp3) is 0.235. The number of anilines is 1. The van der Waals surface area contributed by atoms with Gasteiger partial charge < -0.3 is 14.4 Å².